The monoisotopic (exact) mass is 372 g/mol. The standard InChI is InChI=1S/C20H21ClN2O3/c1-3-19(24)23-16-8-5-14(6-9-16)12-20(25)22-13-15-7-10-18(26-4-2)17(21)11-15/h3,5-11H,1,4,12-13H2,2H3,(H,22,25)(H,23,24). The minimum Gasteiger partial charge on any atom is -0.492 e. The minimum absolute atomic E-state index is 0.0992. The van der Waals surface area contributed by atoms with E-state index in [1.807, 2.05) is 13.0 Å². The highest BCUT2D eigenvalue weighted by Crippen LogP contribution is 2.25. The van der Waals surface area contributed by atoms with Gasteiger partial charge < -0.3 is 15.4 Å². The number of hydrogen-bond donors (Lipinski definition) is 2. The van der Waals surface area contributed by atoms with Crippen molar-refractivity contribution in [2.45, 2.75) is 19.9 Å². The summed E-state index contributed by atoms with van der Waals surface area (Å²) in [7, 11) is 0. The van der Waals surface area contributed by atoms with Crippen LogP contribution in [-0.2, 0) is 22.6 Å². The van der Waals surface area contributed by atoms with Gasteiger partial charge in [-0.05, 0) is 48.4 Å². The molecule has 2 amide bonds. The van der Waals surface area contributed by atoms with Gasteiger partial charge in [0, 0.05) is 12.2 Å². The Morgan fingerprint density at radius 1 is 1.15 bits per heavy atom. The Morgan fingerprint density at radius 2 is 1.85 bits per heavy atom. The third-order valence-corrected chi connectivity index (χ3v) is 3.85. The van der Waals surface area contributed by atoms with Crippen LogP contribution in [-0.4, -0.2) is 18.4 Å². The third kappa shape index (κ3) is 5.93. The van der Waals surface area contributed by atoms with Gasteiger partial charge in [-0.3, -0.25) is 9.59 Å². The number of hydrogen-bond acceptors (Lipinski definition) is 3. The van der Waals surface area contributed by atoms with E-state index in [2.05, 4.69) is 17.2 Å². The lowest BCUT2D eigenvalue weighted by Crippen LogP contribution is -2.24. The van der Waals surface area contributed by atoms with Crippen molar-refractivity contribution in [1.82, 2.24) is 5.32 Å². The first-order chi connectivity index (χ1) is 12.5. The van der Waals surface area contributed by atoms with Crippen molar-refractivity contribution >= 4 is 29.1 Å². The van der Waals surface area contributed by atoms with Crippen LogP contribution in [0.15, 0.2) is 55.1 Å². The van der Waals surface area contributed by atoms with Crippen LogP contribution in [0, 0.1) is 0 Å². The predicted octanol–water partition coefficient (Wildman–Crippen LogP) is 3.72. The topological polar surface area (TPSA) is 67.4 Å². The molecule has 2 aromatic carbocycles. The molecular formula is C20H21ClN2O3. The van der Waals surface area contributed by atoms with Crippen molar-refractivity contribution < 1.29 is 14.3 Å². The maximum Gasteiger partial charge on any atom is 0.247 e. The molecule has 6 heteroatoms. The van der Waals surface area contributed by atoms with Crippen LogP contribution in [0.4, 0.5) is 5.69 Å². The van der Waals surface area contributed by atoms with Crippen molar-refractivity contribution in [2.24, 2.45) is 0 Å². The molecule has 0 bridgehead atoms. The van der Waals surface area contributed by atoms with E-state index >= 15 is 0 Å². The third-order valence-electron chi connectivity index (χ3n) is 3.56. The maximum atomic E-state index is 12.1. The summed E-state index contributed by atoms with van der Waals surface area (Å²) < 4.78 is 5.39. The fraction of sp³-hybridized carbons (Fsp3) is 0.200. The van der Waals surface area contributed by atoms with E-state index in [1.165, 1.54) is 6.08 Å². The van der Waals surface area contributed by atoms with E-state index in [9.17, 15) is 9.59 Å². The van der Waals surface area contributed by atoms with Crippen molar-refractivity contribution in [3.05, 3.63) is 71.3 Å². The quantitative estimate of drug-likeness (QED) is 0.694. The van der Waals surface area contributed by atoms with Crippen LogP contribution in [0.25, 0.3) is 0 Å². The molecule has 0 spiro atoms. The molecule has 0 saturated heterocycles. The van der Waals surface area contributed by atoms with Gasteiger partial charge in [-0.25, -0.2) is 0 Å². The number of nitrogens with one attached hydrogen (secondary N) is 2. The average molecular weight is 373 g/mol. The zero-order valence-corrected chi connectivity index (χ0v) is 15.3. The molecule has 0 heterocycles. The number of ether oxygens (including phenoxy) is 1. The molecule has 2 rings (SSSR count). The van der Waals surface area contributed by atoms with Gasteiger partial charge in [0.2, 0.25) is 11.8 Å². The lowest BCUT2D eigenvalue weighted by molar-refractivity contribution is -0.120. The van der Waals surface area contributed by atoms with Crippen LogP contribution < -0.4 is 15.4 Å². The lowest BCUT2D eigenvalue weighted by atomic mass is 10.1. The fourth-order valence-electron chi connectivity index (χ4n) is 2.27. The van der Waals surface area contributed by atoms with E-state index in [0.29, 0.717) is 29.6 Å². The summed E-state index contributed by atoms with van der Waals surface area (Å²) >= 11 is 6.14. The second-order valence-electron chi connectivity index (χ2n) is 5.54. The largest absolute Gasteiger partial charge is 0.492 e. The molecule has 0 atom stereocenters. The van der Waals surface area contributed by atoms with E-state index in [0.717, 1.165) is 11.1 Å². The molecule has 26 heavy (non-hydrogen) atoms. The first-order valence-electron chi connectivity index (χ1n) is 8.22. The number of amides is 2. The van der Waals surface area contributed by atoms with Gasteiger partial charge in [0.15, 0.2) is 0 Å². The van der Waals surface area contributed by atoms with Gasteiger partial charge in [-0.2, -0.15) is 0 Å². The van der Waals surface area contributed by atoms with Gasteiger partial charge >= 0.3 is 0 Å². The number of benzene rings is 2. The number of rotatable bonds is 8. The smallest absolute Gasteiger partial charge is 0.247 e. The van der Waals surface area contributed by atoms with E-state index in [1.54, 1.807) is 36.4 Å². The van der Waals surface area contributed by atoms with E-state index in [4.69, 9.17) is 16.3 Å². The van der Waals surface area contributed by atoms with Crippen LogP contribution >= 0.6 is 11.6 Å². The Balaban J connectivity index is 1.86. The molecular weight excluding hydrogens is 352 g/mol. The molecule has 0 unspecified atom stereocenters. The van der Waals surface area contributed by atoms with Crippen molar-refractivity contribution in [2.75, 3.05) is 11.9 Å². The molecule has 0 fully saturated rings. The molecule has 5 nitrogen and oxygen atoms in total. The van der Waals surface area contributed by atoms with Crippen molar-refractivity contribution in [1.29, 1.82) is 0 Å². The highest BCUT2D eigenvalue weighted by atomic mass is 35.5. The van der Waals surface area contributed by atoms with Gasteiger partial charge in [0.25, 0.3) is 0 Å². The molecule has 0 aliphatic rings. The number of carbonyl (C=O) groups is 2. The predicted molar refractivity (Wildman–Crippen MR) is 103 cm³/mol. The first kappa shape index (κ1) is 19.5. The summed E-state index contributed by atoms with van der Waals surface area (Å²) in [6.07, 6.45) is 1.45. The molecule has 0 saturated carbocycles. The Morgan fingerprint density at radius 3 is 2.46 bits per heavy atom. The van der Waals surface area contributed by atoms with Crippen LogP contribution in [0.1, 0.15) is 18.1 Å². The summed E-state index contributed by atoms with van der Waals surface area (Å²) in [5.41, 5.74) is 2.40. The fourth-order valence-corrected chi connectivity index (χ4v) is 2.53. The minimum atomic E-state index is -0.274. The zero-order chi connectivity index (χ0) is 18.9. The lowest BCUT2D eigenvalue weighted by Gasteiger charge is -2.09. The molecule has 0 aromatic heterocycles. The highest BCUT2D eigenvalue weighted by Gasteiger charge is 2.06. The van der Waals surface area contributed by atoms with Crippen molar-refractivity contribution in [3.8, 4) is 5.75 Å². The SMILES string of the molecule is C=CC(=O)Nc1ccc(CC(=O)NCc2ccc(OCC)c(Cl)c2)cc1. The second kappa shape index (κ2) is 9.63. The normalized spacial score (nSPS) is 10.1. The van der Waals surface area contributed by atoms with Crippen LogP contribution in [0.5, 0.6) is 5.75 Å². The van der Waals surface area contributed by atoms with Gasteiger partial charge in [0.1, 0.15) is 5.75 Å². The zero-order valence-electron chi connectivity index (χ0n) is 14.5. The summed E-state index contributed by atoms with van der Waals surface area (Å²) in [5.74, 6) is 0.260. The van der Waals surface area contributed by atoms with Crippen molar-refractivity contribution in [3.63, 3.8) is 0 Å². The Hall–Kier alpha value is -2.79. The molecule has 2 aromatic rings. The van der Waals surface area contributed by atoms with Crippen LogP contribution in [0.2, 0.25) is 5.02 Å². The van der Waals surface area contributed by atoms with Gasteiger partial charge in [0.05, 0.1) is 18.1 Å². The molecule has 0 aliphatic carbocycles. The number of anilines is 1. The number of halogens is 1. The van der Waals surface area contributed by atoms with Gasteiger partial charge in [-0.15, -0.1) is 0 Å². The highest BCUT2D eigenvalue weighted by molar-refractivity contribution is 6.32. The van der Waals surface area contributed by atoms with E-state index in [-0.39, 0.29) is 18.2 Å². The molecule has 0 radical (unpaired) electrons. The molecule has 2 N–H and O–H groups in total. The number of carbonyl (C=O) groups excluding carboxylic acids is 2. The molecule has 0 aliphatic heterocycles. The Labute approximate surface area is 158 Å². The Bertz CT molecular complexity index is 788. The summed E-state index contributed by atoms with van der Waals surface area (Å²) in [6, 6.07) is 12.5. The summed E-state index contributed by atoms with van der Waals surface area (Å²) in [5, 5.41) is 6.04. The average Bonchev–Trinajstić information content (AvgIpc) is 2.63. The molecule has 136 valence electrons. The second-order valence-corrected chi connectivity index (χ2v) is 5.95. The Kier molecular flexibility index (Phi) is 7.24. The summed E-state index contributed by atoms with van der Waals surface area (Å²) in [4.78, 5) is 23.3. The maximum absolute atomic E-state index is 12.1. The van der Waals surface area contributed by atoms with Crippen LogP contribution in [0.3, 0.4) is 0 Å². The van der Waals surface area contributed by atoms with E-state index < -0.39 is 0 Å². The summed E-state index contributed by atoms with van der Waals surface area (Å²) in [6.45, 7) is 6.23. The van der Waals surface area contributed by atoms with Gasteiger partial charge in [-0.1, -0.05) is 36.4 Å². The first-order valence-corrected chi connectivity index (χ1v) is 8.60.